The molecule has 0 saturated carbocycles. The summed E-state index contributed by atoms with van der Waals surface area (Å²) < 4.78 is 0. The van der Waals surface area contributed by atoms with Crippen LogP contribution < -0.4 is 11.1 Å². The zero-order valence-corrected chi connectivity index (χ0v) is 10.9. The monoisotopic (exact) mass is 256 g/mol. The van der Waals surface area contributed by atoms with Crippen molar-refractivity contribution in [1.29, 1.82) is 0 Å². The maximum absolute atomic E-state index is 12.1. The number of nitrogens with one attached hydrogen (secondary N) is 1. The Hall–Kier alpha value is -2.43. The third-order valence-electron chi connectivity index (χ3n) is 2.64. The summed E-state index contributed by atoms with van der Waals surface area (Å²) >= 11 is 0. The predicted octanol–water partition coefficient (Wildman–Crippen LogP) is 2.43. The van der Waals surface area contributed by atoms with Crippen LogP contribution in [0.3, 0.4) is 0 Å². The number of hydrogen-bond donors (Lipinski definition) is 2. The number of nitrogen functional groups attached to an aromatic ring is 1. The van der Waals surface area contributed by atoms with Crippen LogP contribution in [0.25, 0.3) is 0 Å². The number of pyridine rings is 2. The fourth-order valence-corrected chi connectivity index (χ4v) is 1.64. The van der Waals surface area contributed by atoms with E-state index in [1.165, 1.54) is 0 Å². The van der Waals surface area contributed by atoms with Crippen molar-refractivity contribution in [2.75, 3.05) is 11.1 Å². The Bertz CT molecular complexity index is 581. The standard InChI is InChI=1S/C14H16N4O/c1-9(2)12-6-10(7-13(15)18-12)14(19)17-11-4-3-5-16-8-11/h3-9H,1-2H3,(H2,15,18)(H,17,19). The summed E-state index contributed by atoms with van der Waals surface area (Å²) in [6.45, 7) is 4.01. The van der Waals surface area contributed by atoms with Gasteiger partial charge in [-0.2, -0.15) is 0 Å². The molecule has 0 radical (unpaired) electrons. The molecule has 2 rings (SSSR count). The minimum atomic E-state index is -0.219. The average Bonchev–Trinajstić information content (AvgIpc) is 2.39. The van der Waals surface area contributed by atoms with Crippen molar-refractivity contribution < 1.29 is 4.79 Å². The van der Waals surface area contributed by atoms with Crippen molar-refractivity contribution in [2.45, 2.75) is 19.8 Å². The van der Waals surface area contributed by atoms with Crippen LogP contribution in [0.4, 0.5) is 11.5 Å². The van der Waals surface area contributed by atoms with Crippen molar-refractivity contribution in [2.24, 2.45) is 0 Å². The van der Waals surface area contributed by atoms with Crippen molar-refractivity contribution in [3.63, 3.8) is 0 Å². The van der Waals surface area contributed by atoms with Gasteiger partial charge >= 0.3 is 0 Å². The minimum absolute atomic E-state index is 0.216. The zero-order valence-electron chi connectivity index (χ0n) is 10.9. The summed E-state index contributed by atoms with van der Waals surface area (Å²) in [6, 6.07) is 6.86. The average molecular weight is 256 g/mol. The molecule has 0 aromatic carbocycles. The molecular weight excluding hydrogens is 240 g/mol. The zero-order chi connectivity index (χ0) is 13.8. The quantitative estimate of drug-likeness (QED) is 0.883. The Kier molecular flexibility index (Phi) is 3.75. The lowest BCUT2D eigenvalue weighted by Gasteiger charge is -2.09. The molecule has 0 aliphatic carbocycles. The number of rotatable bonds is 3. The van der Waals surface area contributed by atoms with E-state index in [9.17, 15) is 4.79 Å². The van der Waals surface area contributed by atoms with E-state index in [2.05, 4.69) is 15.3 Å². The molecule has 2 aromatic heterocycles. The fraction of sp³-hybridized carbons (Fsp3) is 0.214. The summed E-state index contributed by atoms with van der Waals surface area (Å²) in [5.41, 5.74) is 7.67. The first-order valence-electron chi connectivity index (χ1n) is 6.05. The van der Waals surface area contributed by atoms with Gasteiger partial charge in [0.05, 0.1) is 11.9 Å². The molecule has 3 N–H and O–H groups in total. The highest BCUT2D eigenvalue weighted by Gasteiger charge is 2.11. The normalized spacial score (nSPS) is 10.5. The third kappa shape index (κ3) is 3.28. The van der Waals surface area contributed by atoms with Crippen LogP contribution in [0.5, 0.6) is 0 Å². The van der Waals surface area contributed by atoms with Gasteiger partial charge in [0.25, 0.3) is 5.91 Å². The van der Waals surface area contributed by atoms with Crippen molar-refractivity contribution in [1.82, 2.24) is 9.97 Å². The topological polar surface area (TPSA) is 80.9 Å². The minimum Gasteiger partial charge on any atom is -0.384 e. The first-order valence-corrected chi connectivity index (χ1v) is 6.05. The SMILES string of the molecule is CC(C)c1cc(C(=O)Nc2cccnc2)cc(N)n1. The van der Waals surface area contributed by atoms with E-state index in [0.717, 1.165) is 5.69 Å². The van der Waals surface area contributed by atoms with Crippen molar-refractivity contribution in [3.8, 4) is 0 Å². The van der Waals surface area contributed by atoms with E-state index in [0.29, 0.717) is 17.1 Å². The van der Waals surface area contributed by atoms with E-state index >= 15 is 0 Å². The van der Waals surface area contributed by atoms with E-state index in [-0.39, 0.29) is 11.8 Å². The molecule has 0 spiro atoms. The van der Waals surface area contributed by atoms with Gasteiger partial charge in [-0.1, -0.05) is 13.8 Å². The molecule has 1 amide bonds. The van der Waals surface area contributed by atoms with Gasteiger partial charge in [-0.05, 0) is 30.2 Å². The second-order valence-electron chi connectivity index (χ2n) is 4.56. The first-order chi connectivity index (χ1) is 9.06. The number of nitrogens with two attached hydrogens (primary N) is 1. The highest BCUT2D eigenvalue weighted by atomic mass is 16.1. The summed E-state index contributed by atoms with van der Waals surface area (Å²) in [5, 5.41) is 2.77. The second kappa shape index (κ2) is 5.48. The predicted molar refractivity (Wildman–Crippen MR) is 74.9 cm³/mol. The van der Waals surface area contributed by atoms with Crippen LogP contribution in [0.15, 0.2) is 36.7 Å². The Morgan fingerprint density at radius 2 is 2.16 bits per heavy atom. The molecule has 0 unspecified atom stereocenters. The van der Waals surface area contributed by atoms with Gasteiger partial charge < -0.3 is 11.1 Å². The number of hydrogen-bond acceptors (Lipinski definition) is 4. The van der Waals surface area contributed by atoms with E-state index in [1.807, 2.05) is 13.8 Å². The number of nitrogens with zero attached hydrogens (tertiary/aromatic N) is 2. The molecule has 0 bridgehead atoms. The first kappa shape index (κ1) is 13.0. The van der Waals surface area contributed by atoms with Crippen molar-refractivity contribution in [3.05, 3.63) is 47.9 Å². The highest BCUT2D eigenvalue weighted by Crippen LogP contribution is 2.17. The number of anilines is 2. The summed E-state index contributed by atoms with van der Waals surface area (Å²) in [6.07, 6.45) is 3.24. The maximum Gasteiger partial charge on any atom is 0.255 e. The largest absolute Gasteiger partial charge is 0.384 e. The molecule has 5 heteroatoms. The Morgan fingerprint density at radius 1 is 1.37 bits per heavy atom. The van der Waals surface area contributed by atoms with Gasteiger partial charge in [0.1, 0.15) is 5.82 Å². The maximum atomic E-state index is 12.1. The van der Waals surface area contributed by atoms with Crippen LogP contribution >= 0.6 is 0 Å². The van der Waals surface area contributed by atoms with E-state index < -0.39 is 0 Å². The number of carbonyl (C=O) groups is 1. The molecule has 5 nitrogen and oxygen atoms in total. The number of carbonyl (C=O) groups excluding carboxylic acids is 1. The van der Waals surface area contributed by atoms with Crippen molar-refractivity contribution >= 4 is 17.4 Å². The van der Waals surface area contributed by atoms with Gasteiger partial charge in [-0.25, -0.2) is 4.98 Å². The summed E-state index contributed by atoms with van der Waals surface area (Å²) in [7, 11) is 0. The number of amides is 1. The van der Waals surface area contributed by atoms with Gasteiger partial charge in [-0.3, -0.25) is 9.78 Å². The van der Waals surface area contributed by atoms with E-state index in [4.69, 9.17) is 5.73 Å². The highest BCUT2D eigenvalue weighted by molar-refractivity contribution is 6.04. The molecule has 0 aliphatic rings. The molecule has 0 atom stereocenters. The molecule has 2 heterocycles. The molecule has 2 aromatic rings. The fourth-order valence-electron chi connectivity index (χ4n) is 1.64. The van der Waals surface area contributed by atoms with Gasteiger partial charge in [0, 0.05) is 17.5 Å². The second-order valence-corrected chi connectivity index (χ2v) is 4.56. The van der Waals surface area contributed by atoms with Crippen LogP contribution in [0, 0.1) is 0 Å². The molecule has 19 heavy (non-hydrogen) atoms. The smallest absolute Gasteiger partial charge is 0.255 e. The van der Waals surface area contributed by atoms with Crippen LogP contribution in [0.2, 0.25) is 0 Å². The number of aromatic nitrogens is 2. The van der Waals surface area contributed by atoms with Gasteiger partial charge in [0.15, 0.2) is 0 Å². The lowest BCUT2D eigenvalue weighted by atomic mass is 10.1. The Labute approximate surface area is 111 Å². The molecular formula is C14H16N4O. The molecule has 0 saturated heterocycles. The van der Waals surface area contributed by atoms with Gasteiger partial charge in [-0.15, -0.1) is 0 Å². The Balaban J connectivity index is 2.24. The van der Waals surface area contributed by atoms with Crippen LogP contribution in [0.1, 0.15) is 35.8 Å². The lowest BCUT2D eigenvalue weighted by molar-refractivity contribution is 0.102. The summed E-state index contributed by atoms with van der Waals surface area (Å²) in [5.74, 6) is 0.347. The lowest BCUT2D eigenvalue weighted by Crippen LogP contribution is -2.13. The molecule has 98 valence electrons. The Morgan fingerprint density at radius 3 is 2.79 bits per heavy atom. The molecule has 0 aliphatic heterocycles. The van der Waals surface area contributed by atoms with Gasteiger partial charge in [0.2, 0.25) is 0 Å². The third-order valence-corrected chi connectivity index (χ3v) is 2.64. The summed E-state index contributed by atoms with van der Waals surface area (Å²) in [4.78, 5) is 20.3. The van der Waals surface area contributed by atoms with Crippen LogP contribution in [-0.4, -0.2) is 15.9 Å². The van der Waals surface area contributed by atoms with E-state index in [1.54, 1.807) is 36.7 Å². The van der Waals surface area contributed by atoms with Crippen LogP contribution in [-0.2, 0) is 0 Å². The molecule has 0 fully saturated rings.